The average Bonchev–Trinajstić information content (AvgIpc) is 2.39. The van der Waals surface area contributed by atoms with Gasteiger partial charge < -0.3 is 20.5 Å². The summed E-state index contributed by atoms with van der Waals surface area (Å²) in [6, 6.07) is 0.283. The first-order valence-electron chi connectivity index (χ1n) is 6.53. The maximum absolute atomic E-state index is 5.96. The maximum atomic E-state index is 5.96. The van der Waals surface area contributed by atoms with E-state index in [1.807, 2.05) is 6.92 Å². The van der Waals surface area contributed by atoms with Gasteiger partial charge in [0.05, 0.1) is 13.2 Å². The molecule has 6 heteroatoms. The van der Waals surface area contributed by atoms with E-state index in [0.29, 0.717) is 17.4 Å². The summed E-state index contributed by atoms with van der Waals surface area (Å²) in [5.74, 6) is 1.02. The highest BCUT2D eigenvalue weighted by Crippen LogP contribution is 2.44. The molecule has 2 rings (SSSR count). The van der Waals surface area contributed by atoms with E-state index in [1.54, 1.807) is 7.11 Å². The zero-order valence-corrected chi connectivity index (χ0v) is 11.9. The molecule has 1 saturated carbocycles. The molecule has 0 saturated heterocycles. The number of anilines is 2. The molecule has 0 aliphatic heterocycles. The number of aromatic nitrogens is 2. The van der Waals surface area contributed by atoms with Crippen LogP contribution in [0.2, 0.25) is 0 Å². The Morgan fingerprint density at radius 3 is 2.79 bits per heavy atom. The Labute approximate surface area is 113 Å². The maximum Gasteiger partial charge on any atom is 0.242 e. The Balaban J connectivity index is 2.07. The summed E-state index contributed by atoms with van der Waals surface area (Å²) in [6.45, 7) is 7.13. The van der Waals surface area contributed by atoms with Crippen LogP contribution in [-0.4, -0.2) is 35.8 Å². The van der Waals surface area contributed by atoms with Crippen LogP contribution in [0.5, 0.6) is 5.88 Å². The third-order valence-corrected chi connectivity index (χ3v) is 3.90. The van der Waals surface area contributed by atoms with E-state index >= 15 is 0 Å². The van der Waals surface area contributed by atoms with Crippen LogP contribution in [0.1, 0.15) is 27.2 Å². The summed E-state index contributed by atoms with van der Waals surface area (Å²) >= 11 is 0. The normalized spacial score (nSPS) is 24.6. The molecule has 1 heterocycles. The summed E-state index contributed by atoms with van der Waals surface area (Å²) < 4.78 is 10.8. The van der Waals surface area contributed by atoms with E-state index in [2.05, 4.69) is 29.1 Å². The van der Waals surface area contributed by atoms with Crippen LogP contribution < -0.4 is 15.8 Å². The topological polar surface area (TPSA) is 82.3 Å². The number of methoxy groups -OCH3 is 1. The van der Waals surface area contributed by atoms with Gasteiger partial charge in [0.15, 0.2) is 5.82 Å². The fourth-order valence-corrected chi connectivity index (χ4v) is 2.44. The van der Waals surface area contributed by atoms with E-state index in [4.69, 9.17) is 15.2 Å². The molecular weight excluding hydrogens is 244 g/mol. The molecule has 2 unspecified atom stereocenters. The van der Waals surface area contributed by atoms with Gasteiger partial charge in [-0.05, 0) is 13.3 Å². The quantitative estimate of drug-likeness (QED) is 0.844. The van der Waals surface area contributed by atoms with Crippen molar-refractivity contribution in [2.24, 2.45) is 5.41 Å². The number of nitrogen functional groups attached to an aromatic ring is 1. The second kappa shape index (κ2) is 5.21. The minimum Gasteiger partial charge on any atom is -0.479 e. The molecular formula is C13H22N4O2. The first-order chi connectivity index (χ1) is 9.00. The number of rotatable bonds is 5. The van der Waals surface area contributed by atoms with Crippen molar-refractivity contribution in [3.05, 3.63) is 6.33 Å². The van der Waals surface area contributed by atoms with Crippen molar-refractivity contribution >= 4 is 11.5 Å². The zero-order valence-electron chi connectivity index (χ0n) is 11.9. The van der Waals surface area contributed by atoms with Crippen molar-refractivity contribution in [3.8, 4) is 5.88 Å². The van der Waals surface area contributed by atoms with Gasteiger partial charge in [-0.1, -0.05) is 13.8 Å². The molecule has 0 amide bonds. The van der Waals surface area contributed by atoms with Gasteiger partial charge >= 0.3 is 0 Å². The highest BCUT2D eigenvalue weighted by atomic mass is 16.5. The molecule has 2 atom stereocenters. The minimum absolute atomic E-state index is 0.0562. The lowest BCUT2D eigenvalue weighted by Crippen LogP contribution is -2.58. The van der Waals surface area contributed by atoms with Crippen molar-refractivity contribution in [2.45, 2.75) is 39.3 Å². The number of hydrogen-bond acceptors (Lipinski definition) is 6. The first kappa shape index (κ1) is 13.9. The second-order valence-electron chi connectivity index (χ2n) is 5.34. The smallest absolute Gasteiger partial charge is 0.242 e. The van der Waals surface area contributed by atoms with E-state index in [0.717, 1.165) is 13.0 Å². The van der Waals surface area contributed by atoms with Gasteiger partial charge in [-0.2, -0.15) is 4.98 Å². The Morgan fingerprint density at radius 1 is 1.47 bits per heavy atom. The summed E-state index contributed by atoms with van der Waals surface area (Å²) in [5.41, 5.74) is 6.46. The summed E-state index contributed by atoms with van der Waals surface area (Å²) in [6.07, 6.45) is 2.68. The van der Waals surface area contributed by atoms with Gasteiger partial charge in [0.25, 0.3) is 0 Å². The zero-order chi connectivity index (χ0) is 14.0. The molecule has 0 bridgehead atoms. The predicted octanol–water partition coefficient (Wildman–Crippen LogP) is 1.68. The largest absolute Gasteiger partial charge is 0.479 e. The molecule has 0 radical (unpaired) electrons. The molecule has 0 aromatic carbocycles. The lowest BCUT2D eigenvalue weighted by atomic mass is 9.64. The Bertz CT molecular complexity index is 450. The van der Waals surface area contributed by atoms with Crippen LogP contribution in [0, 0.1) is 5.41 Å². The highest BCUT2D eigenvalue weighted by Gasteiger charge is 2.49. The van der Waals surface area contributed by atoms with E-state index in [9.17, 15) is 0 Å². The van der Waals surface area contributed by atoms with Crippen LogP contribution in [0.4, 0.5) is 11.5 Å². The molecule has 1 aromatic rings. The van der Waals surface area contributed by atoms with Gasteiger partial charge in [0.1, 0.15) is 12.0 Å². The summed E-state index contributed by atoms with van der Waals surface area (Å²) in [4.78, 5) is 8.14. The van der Waals surface area contributed by atoms with Crippen LogP contribution in [0.15, 0.2) is 6.33 Å². The predicted molar refractivity (Wildman–Crippen MR) is 74.2 cm³/mol. The van der Waals surface area contributed by atoms with Crippen LogP contribution in [0.25, 0.3) is 0 Å². The molecule has 1 fully saturated rings. The summed E-state index contributed by atoms with van der Waals surface area (Å²) in [5, 5.41) is 3.36. The number of nitrogens with zero attached hydrogens (tertiary/aromatic N) is 2. The van der Waals surface area contributed by atoms with Crippen LogP contribution in [-0.2, 0) is 4.74 Å². The molecule has 1 aliphatic carbocycles. The van der Waals surface area contributed by atoms with E-state index < -0.39 is 0 Å². The van der Waals surface area contributed by atoms with Crippen LogP contribution >= 0.6 is 0 Å². The molecule has 1 aromatic heterocycles. The monoisotopic (exact) mass is 266 g/mol. The Morgan fingerprint density at radius 2 is 2.21 bits per heavy atom. The third kappa shape index (κ3) is 2.45. The van der Waals surface area contributed by atoms with Gasteiger partial charge in [-0.3, -0.25) is 0 Å². The van der Waals surface area contributed by atoms with Gasteiger partial charge in [-0.15, -0.1) is 0 Å². The van der Waals surface area contributed by atoms with Crippen molar-refractivity contribution in [1.82, 2.24) is 9.97 Å². The SMILES string of the molecule is CCOC1CC(Nc2ncnc(OC)c2N)C1(C)C. The van der Waals surface area contributed by atoms with Gasteiger partial charge in [0.2, 0.25) is 5.88 Å². The number of nitrogens with one attached hydrogen (secondary N) is 1. The summed E-state index contributed by atoms with van der Waals surface area (Å²) in [7, 11) is 1.54. The van der Waals surface area contributed by atoms with Crippen molar-refractivity contribution in [3.63, 3.8) is 0 Å². The van der Waals surface area contributed by atoms with E-state index in [-0.39, 0.29) is 17.6 Å². The van der Waals surface area contributed by atoms with Crippen molar-refractivity contribution in [1.29, 1.82) is 0 Å². The fourth-order valence-electron chi connectivity index (χ4n) is 2.44. The lowest BCUT2D eigenvalue weighted by Gasteiger charge is -2.51. The van der Waals surface area contributed by atoms with Gasteiger partial charge in [0, 0.05) is 18.1 Å². The van der Waals surface area contributed by atoms with E-state index in [1.165, 1.54) is 6.33 Å². The Hall–Kier alpha value is -1.56. The fraction of sp³-hybridized carbons (Fsp3) is 0.692. The number of nitrogens with two attached hydrogens (primary N) is 1. The Kier molecular flexibility index (Phi) is 3.80. The molecule has 3 N–H and O–H groups in total. The molecule has 1 aliphatic rings. The number of ether oxygens (including phenoxy) is 2. The van der Waals surface area contributed by atoms with Crippen molar-refractivity contribution < 1.29 is 9.47 Å². The molecule has 6 nitrogen and oxygen atoms in total. The second-order valence-corrected chi connectivity index (χ2v) is 5.34. The van der Waals surface area contributed by atoms with Gasteiger partial charge in [-0.25, -0.2) is 4.98 Å². The average molecular weight is 266 g/mol. The van der Waals surface area contributed by atoms with Crippen LogP contribution in [0.3, 0.4) is 0 Å². The van der Waals surface area contributed by atoms with Crippen molar-refractivity contribution in [2.75, 3.05) is 24.8 Å². The molecule has 19 heavy (non-hydrogen) atoms. The molecule has 106 valence electrons. The first-order valence-corrected chi connectivity index (χ1v) is 6.53. The lowest BCUT2D eigenvalue weighted by molar-refractivity contribution is -0.0976. The molecule has 0 spiro atoms. The number of hydrogen-bond donors (Lipinski definition) is 2. The minimum atomic E-state index is 0.0562. The third-order valence-electron chi connectivity index (χ3n) is 3.90. The highest BCUT2D eigenvalue weighted by molar-refractivity contribution is 5.67. The standard InChI is InChI=1S/C13H22N4O2/c1-5-19-9-6-8(13(9,2)3)17-11-10(14)12(18-4)16-7-15-11/h7-9H,5-6,14H2,1-4H3,(H,15,16,17).